The van der Waals surface area contributed by atoms with Gasteiger partial charge in [-0.25, -0.2) is 4.79 Å². The molecule has 0 fully saturated rings. The van der Waals surface area contributed by atoms with Crippen molar-refractivity contribution in [1.82, 2.24) is 5.32 Å². The average molecular weight is 296 g/mol. The lowest BCUT2D eigenvalue weighted by atomic mass is 10.2. The molecule has 0 unspecified atom stereocenters. The number of halogens is 1. The molecule has 0 bridgehead atoms. The first kappa shape index (κ1) is 16.1. The van der Waals surface area contributed by atoms with Crippen LogP contribution < -0.4 is 10.6 Å². The number of benzene rings is 1. The van der Waals surface area contributed by atoms with Crippen LogP contribution in [0.25, 0.3) is 0 Å². The van der Waals surface area contributed by atoms with Crippen LogP contribution in [-0.4, -0.2) is 24.8 Å². The lowest BCUT2D eigenvalue weighted by Gasteiger charge is -2.19. The van der Waals surface area contributed by atoms with E-state index >= 15 is 0 Å². The van der Waals surface area contributed by atoms with E-state index in [-0.39, 0.29) is 0 Å². The predicted molar refractivity (Wildman–Crippen MR) is 78.9 cm³/mol. The Bertz CT molecular complexity index is 518. The van der Waals surface area contributed by atoms with Gasteiger partial charge in [0.1, 0.15) is 5.60 Å². The van der Waals surface area contributed by atoms with Gasteiger partial charge >= 0.3 is 6.09 Å². The van der Waals surface area contributed by atoms with Crippen LogP contribution in [0.4, 0.5) is 10.5 Å². The predicted octanol–water partition coefficient (Wildman–Crippen LogP) is 3.15. The first-order chi connectivity index (χ1) is 9.31. The number of nitriles is 1. The third-order valence-corrected chi connectivity index (χ3v) is 2.52. The number of rotatable bonds is 4. The molecule has 0 spiro atoms. The molecule has 108 valence electrons. The Labute approximate surface area is 123 Å². The van der Waals surface area contributed by atoms with Crippen molar-refractivity contribution in [2.75, 3.05) is 18.4 Å². The summed E-state index contributed by atoms with van der Waals surface area (Å²) in [6, 6.07) is 7.01. The summed E-state index contributed by atoms with van der Waals surface area (Å²) in [5.41, 5.74) is 0.720. The molecule has 0 saturated heterocycles. The summed E-state index contributed by atoms with van der Waals surface area (Å²) in [4.78, 5) is 11.4. The summed E-state index contributed by atoms with van der Waals surface area (Å²) in [6.45, 7) is 6.33. The van der Waals surface area contributed by atoms with E-state index in [0.717, 1.165) is 5.69 Å². The molecule has 0 saturated carbocycles. The molecule has 0 aliphatic carbocycles. The second-order valence-corrected chi connectivity index (χ2v) is 5.57. The van der Waals surface area contributed by atoms with Crippen LogP contribution in [0.15, 0.2) is 18.2 Å². The standard InChI is InChI=1S/C14H18ClN3O2/c1-14(2,3)20-13(19)18-7-6-17-12-5-4-10(9-16)8-11(12)15/h4-5,8,17H,6-7H2,1-3H3,(H,18,19). The highest BCUT2D eigenvalue weighted by Crippen LogP contribution is 2.22. The van der Waals surface area contributed by atoms with Crippen molar-refractivity contribution in [2.45, 2.75) is 26.4 Å². The van der Waals surface area contributed by atoms with Crippen LogP contribution in [0.3, 0.4) is 0 Å². The van der Waals surface area contributed by atoms with Gasteiger partial charge in [0.25, 0.3) is 0 Å². The number of nitrogens with zero attached hydrogens (tertiary/aromatic N) is 1. The molecule has 0 radical (unpaired) electrons. The number of carbonyl (C=O) groups excluding carboxylic acids is 1. The summed E-state index contributed by atoms with van der Waals surface area (Å²) < 4.78 is 5.10. The lowest BCUT2D eigenvalue weighted by Crippen LogP contribution is -2.35. The van der Waals surface area contributed by atoms with Gasteiger partial charge in [-0.05, 0) is 39.0 Å². The summed E-state index contributed by atoms with van der Waals surface area (Å²) in [7, 11) is 0. The van der Waals surface area contributed by atoms with E-state index in [1.54, 1.807) is 39.0 Å². The average Bonchev–Trinajstić information content (AvgIpc) is 2.33. The molecule has 5 nitrogen and oxygen atoms in total. The van der Waals surface area contributed by atoms with Gasteiger partial charge < -0.3 is 15.4 Å². The second kappa shape index (κ2) is 7.01. The van der Waals surface area contributed by atoms with E-state index in [9.17, 15) is 4.79 Å². The van der Waals surface area contributed by atoms with E-state index in [0.29, 0.717) is 23.7 Å². The zero-order valence-electron chi connectivity index (χ0n) is 11.8. The number of hydrogen-bond acceptors (Lipinski definition) is 4. The first-order valence-corrected chi connectivity index (χ1v) is 6.60. The number of amides is 1. The Morgan fingerprint density at radius 3 is 2.65 bits per heavy atom. The van der Waals surface area contributed by atoms with E-state index in [1.807, 2.05) is 6.07 Å². The monoisotopic (exact) mass is 295 g/mol. The number of carbonyl (C=O) groups is 1. The smallest absolute Gasteiger partial charge is 0.407 e. The normalized spacial score (nSPS) is 10.6. The summed E-state index contributed by atoms with van der Waals surface area (Å²) >= 11 is 6.01. The van der Waals surface area contributed by atoms with Gasteiger partial charge in [0, 0.05) is 13.1 Å². The molecular weight excluding hydrogens is 278 g/mol. The highest BCUT2D eigenvalue weighted by atomic mass is 35.5. The quantitative estimate of drug-likeness (QED) is 0.837. The van der Waals surface area contributed by atoms with E-state index in [1.165, 1.54) is 0 Å². The van der Waals surface area contributed by atoms with E-state index in [2.05, 4.69) is 10.6 Å². The van der Waals surface area contributed by atoms with Crippen molar-refractivity contribution in [1.29, 1.82) is 5.26 Å². The zero-order valence-corrected chi connectivity index (χ0v) is 12.5. The van der Waals surface area contributed by atoms with Crippen molar-refractivity contribution in [3.63, 3.8) is 0 Å². The van der Waals surface area contributed by atoms with Gasteiger partial charge in [0.05, 0.1) is 22.3 Å². The fourth-order valence-electron chi connectivity index (χ4n) is 1.40. The minimum atomic E-state index is -0.506. The van der Waals surface area contributed by atoms with E-state index in [4.69, 9.17) is 21.6 Å². The van der Waals surface area contributed by atoms with Crippen LogP contribution in [0, 0.1) is 11.3 Å². The van der Waals surface area contributed by atoms with Crippen LogP contribution in [0.2, 0.25) is 5.02 Å². The van der Waals surface area contributed by atoms with Crippen molar-refractivity contribution < 1.29 is 9.53 Å². The number of ether oxygens (including phenoxy) is 1. The molecular formula is C14H18ClN3O2. The highest BCUT2D eigenvalue weighted by molar-refractivity contribution is 6.33. The number of alkyl carbamates (subject to hydrolysis) is 1. The maximum absolute atomic E-state index is 11.4. The van der Waals surface area contributed by atoms with Crippen LogP contribution in [0.1, 0.15) is 26.3 Å². The molecule has 0 aromatic heterocycles. The second-order valence-electron chi connectivity index (χ2n) is 5.16. The fraction of sp³-hybridized carbons (Fsp3) is 0.429. The molecule has 0 aliphatic heterocycles. The Morgan fingerprint density at radius 2 is 2.10 bits per heavy atom. The van der Waals surface area contributed by atoms with Crippen LogP contribution in [0.5, 0.6) is 0 Å². The molecule has 1 aromatic rings. The van der Waals surface area contributed by atoms with Gasteiger partial charge in [-0.3, -0.25) is 0 Å². The van der Waals surface area contributed by atoms with Gasteiger partial charge in [0.2, 0.25) is 0 Å². The molecule has 2 N–H and O–H groups in total. The lowest BCUT2D eigenvalue weighted by molar-refractivity contribution is 0.0530. The summed E-state index contributed by atoms with van der Waals surface area (Å²) in [5.74, 6) is 0. The molecule has 0 heterocycles. The highest BCUT2D eigenvalue weighted by Gasteiger charge is 2.15. The summed E-state index contributed by atoms with van der Waals surface area (Å²) in [6.07, 6.45) is -0.453. The van der Waals surface area contributed by atoms with Gasteiger partial charge in [0.15, 0.2) is 0 Å². The minimum absolute atomic E-state index is 0.408. The molecule has 0 aliphatic rings. The van der Waals surface area contributed by atoms with Crippen molar-refractivity contribution in [3.8, 4) is 6.07 Å². The Hall–Kier alpha value is -1.93. The molecule has 0 atom stereocenters. The van der Waals surface area contributed by atoms with Gasteiger partial charge in [-0.1, -0.05) is 11.6 Å². The Balaban J connectivity index is 2.35. The number of nitrogens with one attached hydrogen (secondary N) is 2. The largest absolute Gasteiger partial charge is 0.444 e. The van der Waals surface area contributed by atoms with Crippen LogP contribution >= 0.6 is 11.6 Å². The Morgan fingerprint density at radius 1 is 1.40 bits per heavy atom. The van der Waals surface area contributed by atoms with Crippen molar-refractivity contribution in [2.24, 2.45) is 0 Å². The first-order valence-electron chi connectivity index (χ1n) is 6.22. The topological polar surface area (TPSA) is 74.2 Å². The molecule has 20 heavy (non-hydrogen) atoms. The third kappa shape index (κ3) is 5.81. The molecule has 1 rings (SSSR count). The summed E-state index contributed by atoms with van der Waals surface area (Å²) in [5, 5.41) is 14.9. The fourth-order valence-corrected chi connectivity index (χ4v) is 1.65. The zero-order chi connectivity index (χ0) is 15.2. The van der Waals surface area contributed by atoms with Crippen molar-refractivity contribution in [3.05, 3.63) is 28.8 Å². The van der Waals surface area contributed by atoms with Gasteiger partial charge in [-0.15, -0.1) is 0 Å². The number of anilines is 1. The molecule has 1 amide bonds. The molecule has 6 heteroatoms. The number of hydrogen-bond donors (Lipinski definition) is 2. The molecule has 1 aromatic carbocycles. The van der Waals surface area contributed by atoms with Crippen LogP contribution in [-0.2, 0) is 4.74 Å². The van der Waals surface area contributed by atoms with E-state index < -0.39 is 11.7 Å². The van der Waals surface area contributed by atoms with Crippen molar-refractivity contribution >= 4 is 23.4 Å². The maximum atomic E-state index is 11.4. The Kier molecular flexibility index (Phi) is 5.66. The van der Waals surface area contributed by atoms with Gasteiger partial charge in [-0.2, -0.15) is 5.26 Å². The SMILES string of the molecule is CC(C)(C)OC(=O)NCCNc1ccc(C#N)cc1Cl. The third-order valence-electron chi connectivity index (χ3n) is 2.21. The minimum Gasteiger partial charge on any atom is -0.444 e. The maximum Gasteiger partial charge on any atom is 0.407 e.